The summed E-state index contributed by atoms with van der Waals surface area (Å²) < 4.78 is 5.45. The third-order valence-electron chi connectivity index (χ3n) is 1.70. The Balaban J connectivity index is 3.11. The summed E-state index contributed by atoms with van der Waals surface area (Å²) in [6.45, 7) is 1.94. The van der Waals surface area contributed by atoms with Crippen molar-refractivity contribution in [1.82, 2.24) is 0 Å². The van der Waals surface area contributed by atoms with Gasteiger partial charge in [-0.15, -0.1) is 11.3 Å². The molecule has 0 amide bonds. The monoisotopic (exact) mass is 301 g/mol. The van der Waals surface area contributed by atoms with Gasteiger partial charge in [-0.3, -0.25) is 0 Å². The first-order valence-electron chi connectivity index (χ1n) is 4.19. The lowest BCUT2D eigenvalue weighted by molar-refractivity contribution is -0.136. The maximum absolute atomic E-state index is 11.2. The highest BCUT2D eigenvalue weighted by Crippen LogP contribution is 2.28. The van der Waals surface area contributed by atoms with Crippen molar-refractivity contribution in [2.75, 3.05) is 7.11 Å². The first-order chi connectivity index (χ1) is 7.58. The molecule has 0 aromatic carbocycles. The van der Waals surface area contributed by atoms with Crippen LogP contribution in [0.4, 0.5) is 0 Å². The fraction of sp³-hybridized carbons (Fsp3) is 0.222. The average molecular weight is 302 g/mol. The number of rotatable bonds is 3. The highest BCUT2D eigenvalue weighted by atomic mass is 79.9. The summed E-state index contributed by atoms with van der Waals surface area (Å²) in [5.74, 6) is -0.653. The zero-order chi connectivity index (χ0) is 12.1. The van der Waals surface area contributed by atoms with Gasteiger partial charge in [0.2, 0.25) is 0 Å². The van der Waals surface area contributed by atoms with Gasteiger partial charge in [0.1, 0.15) is 5.70 Å². The van der Waals surface area contributed by atoms with Gasteiger partial charge in [0.15, 0.2) is 0 Å². The Kier molecular flexibility index (Phi) is 4.54. The number of hydrogen-bond acceptors (Lipinski definition) is 4. The van der Waals surface area contributed by atoms with Crippen LogP contribution in [0.25, 0.3) is 16.5 Å². The lowest BCUT2D eigenvalue weighted by Crippen LogP contribution is -2.01. The largest absolute Gasteiger partial charge is 0.466 e. The molecule has 0 unspecified atom stereocenters. The summed E-state index contributed by atoms with van der Waals surface area (Å²) in [6, 6.07) is 1.84. The number of halogens is 1. The van der Waals surface area contributed by atoms with E-state index in [4.69, 9.17) is 5.53 Å². The van der Waals surface area contributed by atoms with Crippen molar-refractivity contribution in [3.8, 4) is 0 Å². The molecular formula is C9H8BrN3O2S. The van der Waals surface area contributed by atoms with E-state index in [-0.39, 0.29) is 5.70 Å². The molecule has 0 spiro atoms. The number of aryl methyl sites for hydroxylation is 1. The van der Waals surface area contributed by atoms with Gasteiger partial charge in [0.25, 0.3) is 0 Å². The van der Waals surface area contributed by atoms with E-state index in [0.29, 0.717) is 0 Å². The quantitative estimate of drug-likeness (QED) is 0.281. The van der Waals surface area contributed by atoms with Crippen LogP contribution in [0.5, 0.6) is 0 Å². The smallest absolute Gasteiger partial charge is 0.340 e. The minimum Gasteiger partial charge on any atom is -0.466 e. The number of hydrogen-bond donors (Lipinski definition) is 0. The van der Waals surface area contributed by atoms with Crippen molar-refractivity contribution in [3.05, 3.63) is 36.4 Å². The Morgan fingerprint density at radius 3 is 2.88 bits per heavy atom. The van der Waals surface area contributed by atoms with Crippen LogP contribution in [0.2, 0.25) is 0 Å². The second-order valence-electron chi connectivity index (χ2n) is 2.76. The molecule has 0 N–H and O–H groups in total. The molecular weight excluding hydrogens is 294 g/mol. The summed E-state index contributed by atoms with van der Waals surface area (Å²) >= 11 is 4.84. The molecule has 0 fully saturated rings. The third kappa shape index (κ3) is 3.10. The van der Waals surface area contributed by atoms with E-state index in [1.165, 1.54) is 24.5 Å². The molecule has 5 nitrogen and oxygen atoms in total. The van der Waals surface area contributed by atoms with Gasteiger partial charge in [0.05, 0.1) is 7.11 Å². The highest BCUT2D eigenvalue weighted by Gasteiger charge is 2.09. The van der Waals surface area contributed by atoms with Gasteiger partial charge in [-0.1, -0.05) is 5.11 Å². The number of esters is 1. The fourth-order valence-corrected chi connectivity index (χ4v) is 2.47. The lowest BCUT2D eigenvalue weighted by atomic mass is 10.3. The van der Waals surface area contributed by atoms with Crippen molar-refractivity contribution in [3.63, 3.8) is 0 Å². The predicted octanol–water partition coefficient (Wildman–Crippen LogP) is 3.64. The van der Waals surface area contributed by atoms with Crippen molar-refractivity contribution in [2.24, 2.45) is 5.11 Å². The maximum Gasteiger partial charge on any atom is 0.340 e. The SMILES string of the molecule is COC(=O)/C(=C/c1cc(Br)c(C)s1)N=[N+]=[N-]. The molecule has 1 aromatic rings. The van der Waals surface area contributed by atoms with Crippen LogP contribution in [0.3, 0.4) is 0 Å². The topological polar surface area (TPSA) is 75.1 Å². The van der Waals surface area contributed by atoms with Crippen LogP contribution in [0.1, 0.15) is 9.75 Å². The van der Waals surface area contributed by atoms with Crippen LogP contribution >= 0.6 is 27.3 Å². The van der Waals surface area contributed by atoms with Crippen molar-refractivity contribution in [2.45, 2.75) is 6.92 Å². The molecule has 0 aliphatic heterocycles. The predicted molar refractivity (Wildman–Crippen MR) is 65.9 cm³/mol. The van der Waals surface area contributed by atoms with Crippen LogP contribution in [-0.4, -0.2) is 13.1 Å². The molecule has 84 valence electrons. The Morgan fingerprint density at radius 1 is 1.75 bits per heavy atom. The van der Waals surface area contributed by atoms with Gasteiger partial charge in [0, 0.05) is 19.1 Å². The van der Waals surface area contributed by atoms with Crippen molar-refractivity contribution in [1.29, 1.82) is 0 Å². The van der Waals surface area contributed by atoms with E-state index in [1.807, 2.05) is 13.0 Å². The average Bonchev–Trinajstić information content (AvgIpc) is 2.56. The molecule has 7 heteroatoms. The first-order valence-corrected chi connectivity index (χ1v) is 5.80. The summed E-state index contributed by atoms with van der Waals surface area (Å²) in [6.07, 6.45) is 1.49. The molecule has 0 saturated carbocycles. The van der Waals surface area contributed by atoms with Crippen LogP contribution in [0.15, 0.2) is 21.4 Å². The Hall–Kier alpha value is -1.30. The summed E-state index contributed by atoms with van der Waals surface area (Å²) in [5.41, 5.74) is 8.27. The zero-order valence-electron chi connectivity index (χ0n) is 8.60. The van der Waals surface area contributed by atoms with E-state index in [0.717, 1.165) is 14.2 Å². The molecule has 1 rings (SSSR count). The van der Waals surface area contributed by atoms with Gasteiger partial charge < -0.3 is 4.74 Å². The van der Waals surface area contributed by atoms with Gasteiger partial charge >= 0.3 is 5.97 Å². The molecule has 0 atom stereocenters. The number of thiophene rings is 1. The molecule has 0 aliphatic rings. The standard InChI is InChI=1S/C9H8BrN3O2S/c1-5-7(10)3-6(16-5)4-8(12-13-11)9(14)15-2/h3-4H,1-2H3/b8-4-. The first kappa shape index (κ1) is 12.8. The maximum atomic E-state index is 11.2. The lowest BCUT2D eigenvalue weighted by Gasteiger charge is -1.96. The van der Waals surface area contributed by atoms with E-state index < -0.39 is 5.97 Å². The molecule has 0 saturated heterocycles. The van der Waals surface area contributed by atoms with E-state index in [1.54, 1.807) is 0 Å². The minimum atomic E-state index is -0.653. The fourth-order valence-electron chi connectivity index (χ4n) is 0.969. The van der Waals surface area contributed by atoms with Crippen LogP contribution in [0, 0.1) is 6.92 Å². The van der Waals surface area contributed by atoms with Gasteiger partial charge in [-0.25, -0.2) is 4.79 Å². The number of nitrogens with zero attached hydrogens (tertiary/aromatic N) is 3. The molecule has 1 aromatic heterocycles. The molecule has 16 heavy (non-hydrogen) atoms. The Bertz CT molecular complexity index is 469. The number of methoxy groups -OCH3 is 1. The van der Waals surface area contributed by atoms with Crippen molar-refractivity contribution < 1.29 is 9.53 Å². The second kappa shape index (κ2) is 5.69. The Morgan fingerprint density at radius 2 is 2.44 bits per heavy atom. The van der Waals surface area contributed by atoms with E-state index in [9.17, 15) is 4.79 Å². The van der Waals surface area contributed by atoms with E-state index >= 15 is 0 Å². The van der Waals surface area contributed by atoms with E-state index in [2.05, 4.69) is 30.7 Å². The second-order valence-corrected chi connectivity index (χ2v) is 4.91. The minimum absolute atomic E-state index is 0.0567. The van der Waals surface area contributed by atoms with Gasteiger partial charge in [-0.05, 0) is 40.5 Å². The number of carbonyl (C=O) groups excluding carboxylic acids is 1. The summed E-state index contributed by atoms with van der Waals surface area (Å²) in [7, 11) is 1.23. The summed E-state index contributed by atoms with van der Waals surface area (Å²) in [5, 5.41) is 3.29. The third-order valence-corrected chi connectivity index (χ3v) is 3.79. The molecule has 0 aliphatic carbocycles. The molecule has 1 heterocycles. The van der Waals surface area contributed by atoms with Crippen molar-refractivity contribution >= 4 is 39.3 Å². The number of ether oxygens (including phenoxy) is 1. The molecule has 0 bridgehead atoms. The number of azide groups is 1. The normalized spacial score (nSPS) is 10.8. The zero-order valence-corrected chi connectivity index (χ0v) is 11.0. The highest BCUT2D eigenvalue weighted by molar-refractivity contribution is 9.10. The van der Waals surface area contributed by atoms with Crippen LogP contribution < -0.4 is 0 Å². The summed E-state index contributed by atoms with van der Waals surface area (Å²) in [4.78, 5) is 15.7. The van der Waals surface area contributed by atoms with Gasteiger partial charge in [-0.2, -0.15) is 0 Å². The molecule has 0 radical (unpaired) electrons. The van der Waals surface area contributed by atoms with Crippen LogP contribution in [-0.2, 0) is 9.53 Å². The Labute approximate surface area is 104 Å². The number of carbonyl (C=O) groups is 1.